The van der Waals surface area contributed by atoms with Crippen molar-refractivity contribution in [3.8, 4) is 0 Å². The Balaban J connectivity index is 2.79. The first-order valence-corrected chi connectivity index (χ1v) is 3.91. The van der Waals surface area contributed by atoms with Gasteiger partial charge in [-0.25, -0.2) is 0 Å². The van der Waals surface area contributed by atoms with E-state index in [1.807, 2.05) is 0 Å². The van der Waals surface area contributed by atoms with E-state index in [2.05, 4.69) is 11.3 Å². The molecule has 2 rings (SSSR count). The second kappa shape index (κ2) is 2.73. The van der Waals surface area contributed by atoms with Crippen molar-refractivity contribution < 1.29 is 13.2 Å². The van der Waals surface area contributed by atoms with Gasteiger partial charge in [0.15, 0.2) is 0 Å². The predicted molar refractivity (Wildman–Crippen MR) is 44.6 cm³/mol. The van der Waals surface area contributed by atoms with Crippen LogP contribution >= 0.6 is 0 Å². The van der Waals surface area contributed by atoms with Gasteiger partial charge >= 0.3 is 6.18 Å². The van der Waals surface area contributed by atoms with Crippen LogP contribution in [0.2, 0.25) is 0 Å². The molecule has 2 nitrogen and oxygen atoms in total. The Hall–Kier alpha value is -1.52. The minimum atomic E-state index is -4.35. The number of halogens is 3. The molecule has 0 spiro atoms. The zero-order valence-electron chi connectivity index (χ0n) is 7.26. The maximum Gasteiger partial charge on any atom is 0.417 e. The summed E-state index contributed by atoms with van der Waals surface area (Å²) in [6.45, 7) is 0. The summed E-state index contributed by atoms with van der Waals surface area (Å²) in [5.74, 6) is 0. The van der Waals surface area contributed by atoms with Gasteiger partial charge < -0.3 is 0 Å². The van der Waals surface area contributed by atoms with E-state index >= 15 is 0 Å². The summed E-state index contributed by atoms with van der Waals surface area (Å²) in [5, 5.41) is 3.68. The molecule has 5 heteroatoms. The number of alkyl halides is 3. The number of hydrogen-bond donors (Lipinski definition) is 0. The van der Waals surface area contributed by atoms with Crippen molar-refractivity contribution in [1.29, 1.82) is 0 Å². The summed E-state index contributed by atoms with van der Waals surface area (Å²) >= 11 is 0. The number of benzene rings is 1. The SMILES string of the molecule is Cn1n[c]c2c(C(F)(F)F)cccc21. The van der Waals surface area contributed by atoms with Gasteiger partial charge in [0.05, 0.1) is 11.1 Å². The third kappa shape index (κ3) is 1.25. The Kier molecular flexibility index (Phi) is 1.77. The van der Waals surface area contributed by atoms with E-state index in [1.165, 1.54) is 10.7 Å². The lowest BCUT2D eigenvalue weighted by Crippen LogP contribution is -2.05. The summed E-state index contributed by atoms with van der Waals surface area (Å²) in [7, 11) is 1.58. The Morgan fingerprint density at radius 2 is 2.07 bits per heavy atom. The van der Waals surface area contributed by atoms with E-state index in [-0.39, 0.29) is 5.39 Å². The monoisotopic (exact) mass is 199 g/mol. The number of aromatic nitrogens is 2. The Bertz CT molecular complexity index is 470. The van der Waals surface area contributed by atoms with Crippen LogP contribution in [0.1, 0.15) is 5.56 Å². The summed E-state index contributed by atoms with van der Waals surface area (Å²) in [4.78, 5) is 0. The fourth-order valence-corrected chi connectivity index (χ4v) is 1.34. The molecule has 0 bridgehead atoms. The molecule has 1 radical (unpaired) electrons. The molecule has 0 aliphatic heterocycles. The second-order valence-electron chi connectivity index (χ2n) is 2.93. The average Bonchev–Trinajstić information content (AvgIpc) is 2.46. The highest BCUT2D eigenvalue weighted by Crippen LogP contribution is 2.33. The standard InChI is InChI=1S/C9H6F3N2/c1-14-8-4-2-3-7(9(10,11)12)6(8)5-13-14/h2-4H,1H3. The Morgan fingerprint density at radius 1 is 1.36 bits per heavy atom. The summed E-state index contributed by atoms with van der Waals surface area (Å²) in [6.07, 6.45) is -1.99. The van der Waals surface area contributed by atoms with Crippen molar-refractivity contribution in [2.75, 3.05) is 0 Å². The lowest BCUT2D eigenvalue weighted by molar-refractivity contribution is -0.136. The van der Waals surface area contributed by atoms with Crippen molar-refractivity contribution in [1.82, 2.24) is 9.78 Å². The van der Waals surface area contributed by atoms with E-state index in [4.69, 9.17) is 0 Å². The summed E-state index contributed by atoms with van der Waals surface area (Å²) < 4.78 is 38.8. The first-order chi connectivity index (χ1) is 6.50. The first kappa shape index (κ1) is 9.05. The first-order valence-electron chi connectivity index (χ1n) is 3.91. The maximum absolute atomic E-state index is 12.5. The van der Waals surface area contributed by atoms with Crippen LogP contribution in [0, 0.1) is 6.20 Å². The van der Waals surface area contributed by atoms with Crippen LogP contribution in [-0.2, 0) is 13.2 Å². The third-order valence-electron chi connectivity index (χ3n) is 2.01. The summed E-state index contributed by atoms with van der Waals surface area (Å²) in [6, 6.07) is 3.97. The maximum atomic E-state index is 12.5. The van der Waals surface area contributed by atoms with Crippen LogP contribution in [0.4, 0.5) is 13.2 Å². The van der Waals surface area contributed by atoms with Gasteiger partial charge in [-0.05, 0) is 12.1 Å². The van der Waals surface area contributed by atoms with Crippen LogP contribution in [0.5, 0.6) is 0 Å². The van der Waals surface area contributed by atoms with Gasteiger partial charge in [0, 0.05) is 12.4 Å². The van der Waals surface area contributed by atoms with Crippen LogP contribution in [0.25, 0.3) is 10.9 Å². The van der Waals surface area contributed by atoms with Gasteiger partial charge in [-0.1, -0.05) is 6.07 Å². The molecule has 0 aliphatic carbocycles. The summed E-state index contributed by atoms with van der Waals surface area (Å²) in [5.41, 5.74) is -0.261. The quantitative estimate of drug-likeness (QED) is 0.637. The molecule has 0 N–H and O–H groups in total. The van der Waals surface area contributed by atoms with E-state index in [1.54, 1.807) is 13.1 Å². The molecule has 1 aromatic heterocycles. The average molecular weight is 199 g/mol. The zero-order chi connectivity index (χ0) is 10.3. The molecule has 1 heterocycles. The van der Waals surface area contributed by atoms with Crippen molar-refractivity contribution in [2.24, 2.45) is 7.05 Å². The van der Waals surface area contributed by atoms with Gasteiger partial charge in [-0.3, -0.25) is 4.68 Å². The van der Waals surface area contributed by atoms with E-state index < -0.39 is 11.7 Å². The zero-order valence-corrected chi connectivity index (χ0v) is 7.26. The predicted octanol–water partition coefficient (Wildman–Crippen LogP) is 2.39. The van der Waals surface area contributed by atoms with E-state index in [9.17, 15) is 13.2 Å². The number of rotatable bonds is 0. The number of hydrogen-bond acceptors (Lipinski definition) is 1. The topological polar surface area (TPSA) is 17.8 Å². The van der Waals surface area contributed by atoms with Crippen molar-refractivity contribution in [3.05, 3.63) is 30.0 Å². The molecule has 2 aromatic rings. The van der Waals surface area contributed by atoms with Crippen LogP contribution < -0.4 is 0 Å². The molecule has 0 aliphatic rings. The lowest BCUT2D eigenvalue weighted by atomic mass is 10.1. The highest BCUT2D eigenvalue weighted by molar-refractivity contribution is 5.82. The van der Waals surface area contributed by atoms with Gasteiger partial charge in [-0.2, -0.15) is 18.3 Å². The molecule has 0 atom stereocenters. The number of nitrogens with zero attached hydrogens (tertiary/aromatic N) is 2. The molecular formula is C9H6F3N2. The molecule has 1 aromatic carbocycles. The van der Waals surface area contributed by atoms with Crippen LogP contribution in [0.3, 0.4) is 0 Å². The molecule has 73 valence electrons. The largest absolute Gasteiger partial charge is 0.417 e. The minimum absolute atomic E-state index is 0.0162. The minimum Gasteiger partial charge on any atom is -0.267 e. The number of fused-ring (bicyclic) bond motifs is 1. The second-order valence-corrected chi connectivity index (χ2v) is 2.93. The third-order valence-corrected chi connectivity index (χ3v) is 2.01. The van der Waals surface area contributed by atoms with Crippen molar-refractivity contribution >= 4 is 10.9 Å². The van der Waals surface area contributed by atoms with E-state index in [0.717, 1.165) is 6.07 Å². The molecule has 0 amide bonds. The van der Waals surface area contributed by atoms with Crippen LogP contribution in [-0.4, -0.2) is 9.78 Å². The number of aryl methyl sites for hydroxylation is 1. The Labute approximate surface area is 77.9 Å². The molecular weight excluding hydrogens is 193 g/mol. The van der Waals surface area contributed by atoms with Gasteiger partial charge in [0.25, 0.3) is 0 Å². The normalized spacial score (nSPS) is 12.3. The molecule has 0 unspecified atom stereocenters. The molecule has 0 saturated heterocycles. The van der Waals surface area contributed by atoms with Crippen molar-refractivity contribution in [3.63, 3.8) is 0 Å². The van der Waals surface area contributed by atoms with Crippen molar-refractivity contribution in [2.45, 2.75) is 6.18 Å². The fraction of sp³-hybridized carbons (Fsp3) is 0.222. The molecule has 0 fully saturated rings. The fourth-order valence-electron chi connectivity index (χ4n) is 1.34. The van der Waals surface area contributed by atoms with Gasteiger partial charge in [0.2, 0.25) is 0 Å². The smallest absolute Gasteiger partial charge is 0.267 e. The molecule has 14 heavy (non-hydrogen) atoms. The van der Waals surface area contributed by atoms with E-state index in [0.29, 0.717) is 5.52 Å². The van der Waals surface area contributed by atoms with Gasteiger partial charge in [-0.15, -0.1) is 0 Å². The van der Waals surface area contributed by atoms with Crippen LogP contribution in [0.15, 0.2) is 18.2 Å². The highest BCUT2D eigenvalue weighted by atomic mass is 19.4. The Morgan fingerprint density at radius 3 is 2.71 bits per heavy atom. The lowest BCUT2D eigenvalue weighted by Gasteiger charge is -2.06. The highest BCUT2D eigenvalue weighted by Gasteiger charge is 2.33. The van der Waals surface area contributed by atoms with Gasteiger partial charge in [0.1, 0.15) is 6.20 Å². The molecule has 0 saturated carbocycles.